The smallest absolute Gasteiger partial charge is 0.269 e. The van der Waals surface area contributed by atoms with Gasteiger partial charge in [0.25, 0.3) is 5.91 Å². The summed E-state index contributed by atoms with van der Waals surface area (Å²) in [5.41, 5.74) is 1.27. The highest BCUT2D eigenvalue weighted by Crippen LogP contribution is 2.26. The minimum Gasteiger partial charge on any atom is -0.382 e. The highest BCUT2D eigenvalue weighted by atomic mass is 16.5. The average molecular weight is 263 g/mol. The molecule has 0 aromatic carbocycles. The highest BCUT2D eigenvalue weighted by Gasteiger charge is 2.28. The topological polar surface area (TPSA) is 63.2 Å². The molecule has 1 unspecified atom stereocenters. The van der Waals surface area contributed by atoms with Crippen LogP contribution in [0.3, 0.4) is 0 Å². The summed E-state index contributed by atoms with van der Waals surface area (Å²) in [5.74, 6) is -0.170. The molecule has 5 heteroatoms. The van der Waals surface area contributed by atoms with E-state index in [2.05, 4.69) is 29.5 Å². The fourth-order valence-electron chi connectivity index (χ4n) is 2.36. The molecule has 1 amide bonds. The molecule has 0 radical (unpaired) electrons. The van der Waals surface area contributed by atoms with E-state index in [1.807, 2.05) is 6.07 Å². The average Bonchev–Trinajstić information content (AvgIpc) is 2.37. The number of anilines is 1. The van der Waals surface area contributed by atoms with Gasteiger partial charge in [0.05, 0.1) is 5.60 Å². The Balaban J connectivity index is 2.05. The zero-order valence-electron chi connectivity index (χ0n) is 11.7. The number of hydrogen-bond acceptors (Lipinski definition) is 4. The summed E-state index contributed by atoms with van der Waals surface area (Å²) in [6.45, 7) is 4.96. The van der Waals surface area contributed by atoms with Gasteiger partial charge in [0.15, 0.2) is 0 Å². The van der Waals surface area contributed by atoms with Crippen LogP contribution in [0.25, 0.3) is 0 Å². The Bertz CT molecular complexity index is 460. The molecule has 0 aliphatic carbocycles. The molecule has 104 valence electrons. The van der Waals surface area contributed by atoms with Gasteiger partial charge in [-0.25, -0.2) is 0 Å². The van der Waals surface area contributed by atoms with Crippen LogP contribution in [0.4, 0.5) is 5.69 Å². The fourth-order valence-corrected chi connectivity index (χ4v) is 2.36. The van der Waals surface area contributed by atoms with Crippen molar-refractivity contribution >= 4 is 11.6 Å². The van der Waals surface area contributed by atoms with Crippen molar-refractivity contribution in [2.45, 2.75) is 38.3 Å². The molecule has 1 aliphatic rings. The summed E-state index contributed by atoms with van der Waals surface area (Å²) in [4.78, 5) is 15.6. The normalized spacial score (nSPS) is 21.7. The number of nitrogens with zero attached hydrogens (tertiary/aromatic N) is 1. The predicted molar refractivity (Wildman–Crippen MR) is 74.3 cm³/mol. The second-order valence-electron chi connectivity index (χ2n) is 5.45. The standard InChI is InChI=1S/C14H21N3O2/c1-14(2)9-11(5-7-19-14)17-10-4-6-16-12(8-10)13(18)15-3/h4,6,8,11H,5,7,9H2,1-3H3,(H,15,18)(H,16,17). The first kappa shape index (κ1) is 13.8. The lowest BCUT2D eigenvalue weighted by Crippen LogP contribution is -2.40. The molecule has 0 saturated carbocycles. The second-order valence-corrected chi connectivity index (χ2v) is 5.45. The van der Waals surface area contributed by atoms with Gasteiger partial charge in [0.1, 0.15) is 5.69 Å². The van der Waals surface area contributed by atoms with Crippen LogP contribution in [0, 0.1) is 0 Å². The highest BCUT2D eigenvalue weighted by molar-refractivity contribution is 5.92. The van der Waals surface area contributed by atoms with Crippen molar-refractivity contribution in [1.82, 2.24) is 10.3 Å². The van der Waals surface area contributed by atoms with Crippen LogP contribution in [0.1, 0.15) is 37.2 Å². The summed E-state index contributed by atoms with van der Waals surface area (Å²) >= 11 is 0. The van der Waals surface area contributed by atoms with Crippen molar-refractivity contribution in [2.75, 3.05) is 19.0 Å². The zero-order chi connectivity index (χ0) is 13.9. The van der Waals surface area contributed by atoms with E-state index >= 15 is 0 Å². The zero-order valence-corrected chi connectivity index (χ0v) is 11.7. The summed E-state index contributed by atoms with van der Waals surface area (Å²) in [5, 5.41) is 6.03. The van der Waals surface area contributed by atoms with Crippen LogP contribution >= 0.6 is 0 Å². The summed E-state index contributed by atoms with van der Waals surface area (Å²) in [7, 11) is 1.60. The number of pyridine rings is 1. The number of carbonyl (C=O) groups is 1. The molecule has 0 bridgehead atoms. The van der Waals surface area contributed by atoms with Crippen LogP contribution in [0.2, 0.25) is 0 Å². The summed E-state index contributed by atoms with van der Waals surface area (Å²) in [6, 6.07) is 4.03. The van der Waals surface area contributed by atoms with Crippen molar-refractivity contribution in [1.29, 1.82) is 0 Å². The molecule has 2 rings (SSSR count). The lowest BCUT2D eigenvalue weighted by Gasteiger charge is -2.36. The summed E-state index contributed by atoms with van der Waals surface area (Å²) < 4.78 is 5.70. The lowest BCUT2D eigenvalue weighted by molar-refractivity contribution is -0.0553. The van der Waals surface area contributed by atoms with Gasteiger partial charge >= 0.3 is 0 Å². The third-order valence-corrected chi connectivity index (χ3v) is 3.29. The van der Waals surface area contributed by atoms with E-state index in [0.29, 0.717) is 11.7 Å². The van der Waals surface area contributed by atoms with Crippen LogP contribution in [0.5, 0.6) is 0 Å². The number of hydrogen-bond donors (Lipinski definition) is 2. The van der Waals surface area contributed by atoms with Gasteiger partial charge in [-0.1, -0.05) is 0 Å². The first-order valence-electron chi connectivity index (χ1n) is 6.59. The number of nitrogens with one attached hydrogen (secondary N) is 2. The maximum atomic E-state index is 11.5. The maximum Gasteiger partial charge on any atom is 0.269 e. The molecule has 1 aromatic heterocycles. The fraction of sp³-hybridized carbons (Fsp3) is 0.571. The Labute approximate surface area is 113 Å². The Hall–Kier alpha value is -1.62. The molecular weight excluding hydrogens is 242 g/mol. The number of ether oxygens (including phenoxy) is 1. The van der Waals surface area contributed by atoms with E-state index in [1.54, 1.807) is 19.3 Å². The van der Waals surface area contributed by atoms with Gasteiger partial charge in [-0.15, -0.1) is 0 Å². The summed E-state index contributed by atoms with van der Waals surface area (Å²) in [6.07, 6.45) is 3.57. The Kier molecular flexibility index (Phi) is 4.04. The molecule has 1 saturated heterocycles. The molecule has 1 atom stereocenters. The first-order valence-corrected chi connectivity index (χ1v) is 6.59. The second kappa shape index (κ2) is 5.57. The van der Waals surface area contributed by atoms with Crippen molar-refractivity contribution in [3.8, 4) is 0 Å². The van der Waals surface area contributed by atoms with Crippen molar-refractivity contribution in [3.63, 3.8) is 0 Å². The SMILES string of the molecule is CNC(=O)c1cc(NC2CCOC(C)(C)C2)ccn1. The largest absolute Gasteiger partial charge is 0.382 e. The molecule has 2 N–H and O–H groups in total. The monoisotopic (exact) mass is 263 g/mol. The van der Waals surface area contributed by atoms with Crippen LogP contribution in [0.15, 0.2) is 18.3 Å². The molecular formula is C14H21N3O2. The molecule has 19 heavy (non-hydrogen) atoms. The van der Waals surface area contributed by atoms with E-state index < -0.39 is 0 Å². The third kappa shape index (κ3) is 3.67. The van der Waals surface area contributed by atoms with Crippen LogP contribution in [-0.4, -0.2) is 36.2 Å². The van der Waals surface area contributed by atoms with Crippen molar-refractivity contribution in [2.24, 2.45) is 0 Å². The van der Waals surface area contributed by atoms with E-state index in [-0.39, 0.29) is 11.5 Å². The van der Waals surface area contributed by atoms with Crippen molar-refractivity contribution in [3.05, 3.63) is 24.0 Å². The molecule has 0 spiro atoms. The Morgan fingerprint density at radius 2 is 2.32 bits per heavy atom. The first-order chi connectivity index (χ1) is 9.00. The van der Waals surface area contributed by atoms with E-state index in [1.165, 1.54) is 0 Å². The van der Waals surface area contributed by atoms with Gasteiger partial charge in [-0.3, -0.25) is 9.78 Å². The van der Waals surface area contributed by atoms with E-state index in [9.17, 15) is 4.79 Å². The minimum absolute atomic E-state index is 0.0907. The molecule has 5 nitrogen and oxygen atoms in total. The van der Waals surface area contributed by atoms with Gasteiger partial charge in [0, 0.05) is 31.6 Å². The lowest BCUT2D eigenvalue weighted by atomic mass is 9.94. The quantitative estimate of drug-likeness (QED) is 0.873. The van der Waals surface area contributed by atoms with Gasteiger partial charge < -0.3 is 15.4 Å². The molecule has 1 fully saturated rings. The van der Waals surface area contributed by atoms with Gasteiger partial charge in [-0.05, 0) is 38.8 Å². The maximum absolute atomic E-state index is 11.5. The van der Waals surface area contributed by atoms with Crippen LogP contribution < -0.4 is 10.6 Å². The minimum atomic E-state index is -0.170. The molecule has 1 aliphatic heterocycles. The van der Waals surface area contributed by atoms with Crippen molar-refractivity contribution < 1.29 is 9.53 Å². The van der Waals surface area contributed by atoms with Crippen LogP contribution in [-0.2, 0) is 4.74 Å². The number of carbonyl (C=O) groups excluding carboxylic acids is 1. The molecule has 1 aromatic rings. The number of amides is 1. The third-order valence-electron chi connectivity index (χ3n) is 3.29. The number of rotatable bonds is 3. The van der Waals surface area contributed by atoms with Gasteiger partial charge in [-0.2, -0.15) is 0 Å². The van der Waals surface area contributed by atoms with E-state index in [4.69, 9.17) is 4.74 Å². The molecule has 2 heterocycles. The number of aromatic nitrogens is 1. The predicted octanol–water partition coefficient (Wildman–Crippen LogP) is 1.81. The Morgan fingerprint density at radius 1 is 1.53 bits per heavy atom. The Morgan fingerprint density at radius 3 is 3.00 bits per heavy atom. The van der Waals surface area contributed by atoms with E-state index in [0.717, 1.165) is 25.1 Å². The van der Waals surface area contributed by atoms with Gasteiger partial charge in [0.2, 0.25) is 0 Å².